The molecule has 1 aliphatic carbocycles. The third-order valence-electron chi connectivity index (χ3n) is 6.43. The Morgan fingerprint density at radius 1 is 1.09 bits per heavy atom. The summed E-state index contributed by atoms with van der Waals surface area (Å²) in [5.41, 5.74) is 0.914. The van der Waals surface area contributed by atoms with Gasteiger partial charge in [-0.05, 0) is 56.0 Å². The summed E-state index contributed by atoms with van der Waals surface area (Å²) >= 11 is 3.46. The van der Waals surface area contributed by atoms with Gasteiger partial charge in [-0.15, -0.1) is 0 Å². The van der Waals surface area contributed by atoms with Gasteiger partial charge in [0.05, 0.1) is 4.90 Å². The largest absolute Gasteiger partial charge is 0.352 e. The normalized spacial score (nSPS) is 15.2. The minimum Gasteiger partial charge on any atom is -0.352 e. The van der Waals surface area contributed by atoms with Crippen LogP contribution in [-0.2, 0) is 26.2 Å². The Balaban J connectivity index is 1.65. The molecule has 2 aromatic carbocycles. The van der Waals surface area contributed by atoms with Gasteiger partial charge >= 0.3 is 0 Å². The van der Waals surface area contributed by atoms with Crippen LogP contribution in [0.15, 0.2) is 64.0 Å². The smallest absolute Gasteiger partial charge is 0.242 e. The fraction of sp³-hybridized carbons (Fsp3) is 0.462. The number of carbonyl (C=O) groups excluding carboxylic acids is 2. The van der Waals surface area contributed by atoms with E-state index in [2.05, 4.69) is 21.2 Å². The molecular weight excluding hydrogens is 530 g/mol. The Morgan fingerprint density at radius 2 is 1.77 bits per heavy atom. The van der Waals surface area contributed by atoms with Crippen molar-refractivity contribution in [2.45, 2.75) is 69.0 Å². The number of rotatable bonds is 11. The summed E-state index contributed by atoms with van der Waals surface area (Å²) in [5, 5.41) is 3.09. The molecule has 7 nitrogen and oxygen atoms in total. The number of hydrogen-bond acceptors (Lipinski definition) is 4. The second-order valence-corrected chi connectivity index (χ2v) is 12.0. The molecular formula is C26H34BrN3O4S. The molecule has 0 bridgehead atoms. The van der Waals surface area contributed by atoms with Crippen molar-refractivity contribution in [3.63, 3.8) is 0 Å². The van der Waals surface area contributed by atoms with E-state index >= 15 is 0 Å². The fourth-order valence-corrected chi connectivity index (χ4v) is 5.97. The summed E-state index contributed by atoms with van der Waals surface area (Å²) in [6, 6.07) is 15.4. The first-order chi connectivity index (χ1) is 16.7. The Bertz CT molecular complexity index is 1100. The molecule has 190 valence electrons. The standard InChI is InChI=1S/C26H34BrN3O4S/c1-20(26(32)28-23-12-6-7-13-23)30(19-21-10-8-11-22(27)18-21)25(31)16-9-17-29(2)35(33,34)24-14-4-3-5-15-24/h3-5,8,10-11,14-15,18,20,23H,6-7,9,12-13,16-17,19H2,1-2H3,(H,28,32)/t20-/m0/s1. The predicted octanol–water partition coefficient (Wildman–Crippen LogP) is 4.33. The first-order valence-corrected chi connectivity index (χ1v) is 14.3. The van der Waals surface area contributed by atoms with Gasteiger partial charge in [-0.1, -0.05) is 59.1 Å². The molecule has 3 rings (SSSR count). The summed E-state index contributed by atoms with van der Waals surface area (Å²) in [7, 11) is -2.10. The summed E-state index contributed by atoms with van der Waals surface area (Å²) in [6.45, 7) is 2.26. The van der Waals surface area contributed by atoms with E-state index in [1.54, 1.807) is 42.2 Å². The highest BCUT2D eigenvalue weighted by Gasteiger charge is 2.29. The van der Waals surface area contributed by atoms with Crippen LogP contribution >= 0.6 is 15.9 Å². The number of nitrogens with zero attached hydrogens (tertiary/aromatic N) is 2. The summed E-state index contributed by atoms with van der Waals surface area (Å²) in [4.78, 5) is 28.1. The van der Waals surface area contributed by atoms with E-state index in [4.69, 9.17) is 0 Å². The van der Waals surface area contributed by atoms with Gasteiger partial charge in [0.15, 0.2) is 0 Å². The highest BCUT2D eigenvalue weighted by molar-refractivity contribution is 9.10. The van der Waals surface area contributed by atoms with Crippen molar-refractivity contribution >= 4 is 37.8 Å². The molecule has 0 heterocycles. The van der Waals surface area contributed by atoms with Crippen LogP contribution in [0.3, 0.4) is 0 Å². The third-order valence-corrected chi connectivity index (χ3v) is 8.79. The maximum Gasteiger partial charge on any atom is 0.242 e. The molecule has 0 aromatic heterocycles. The quantitative estimate of drug-likeness (QED) is 0.441. The Hall–Kier alpha value is -2.23. The maximum atomic E-state index is 13.3. The van der Waals surface area contributed by atoms with Crippen molar-refractivity contribution < 1.29 is 18.0 Å². The van der Waals surface area contributed by atoms with Gasteiger partial charge in [0.2, 0.25) is 21.8 Å². The number of benzene rings is 2. The molecule has 0 aliphatic heterocycles. The van der Waals surface area contributed by atoms with Crippen LogP contribution in [0.1, 0.15) is 51.0 Å². The van der Waals surface area contributed by atoms with Gasteiger partial charge in [0.1, 0.15) is 6.04 Å². The molecule has 9 heteroatoms. The van der Waals surface area contributed by atoms with E-state index in [-0.39, 0.29) is 35.7 Å². The van der Waals surface area contributed by atoms with Crippen molar-refractivity contribution in [2.24, 2.45) is 0 Å². The first-order valence-electron chi connectivity index (χ1n) is 12.0. The van der Waals surface area contributed by atoms with Crippen molar-refractivity contribution in [2.75, 3.05) is 13.6 Å². The van der Waals surface area contributed by atoms with Gasteiger partial charge in [0.25, 0.3) is 0 Å². The zero-order valence-corrected chi connectivity index (χ0v) is 22.7. The average Bonchev–Trinajstić information content (AvgIpc) is 3.35. The highest BCUT2D eigenvalue weighted by Crippen LogP contribution is 2.20. The van der Waals surface area contributed by atoms with E-state index in [0.717, 1.165) is 35.7 Å². The van der Waals surface area contributed by atoms with Crippen LogP contribution in [0.5, 0.6) is 0 Å². The molecule has 1 atom stereocenters. The molecule has 1 aliphatic rings. The number of carbonyl (C=O) groups is 2. The number of amides is 2. The Labute approximate surface area is 217 Å². The summed E-state index contributed by atoms with van der Waals surface area (Å²) in [5.74, 6) is -0.325. The third kappa shape index (κ3) is 7.62. The fourth-order valence-electron chi connectivity index (χ4n) is 4.30. The Morgan fingerprint density at radius 3 is 2.43 bits per heavy atom. The SMILES string of the molecule is C[C@@H](C(=O)NC1CCCC1)N(Cc1cccc(Br)c1)C(=O)CCCN(C)S(=O)(=O)c1ccccc1. The number of halogens is 1. The van der Waals surface area contributed by atoms with E-state index < -0.39 is 16.1 Å². The van der Waals surface area contributed by atoms with Crippen molar-refractivity contribution in [1.29, 1.82) is 0 Å². The first kappa shape index (κ1) is 27.4. The van der Waals surface area contributed by atoms with Crippen molar-refractivity contribution in [3.8, 4) is 0 Å². The number of sulfonamides is 1. The lowest BCUT2D eigenvalue weighted by molar-refractivity contribution is -0.141. The zero-order chi connectivity index (χ0) is 25.4. The molecule has 0 saturated heterocycles. The lowest BCUT2D eigenvalue weighted by atomic mass is 10.1. The minimum absolute atomic E-state index is 0.143. The summed E-state index contributed by atoms with van der Waals surface area (Å²) < 4.78 is 27.7. The van der Waals surface area contributed by atoms with Crippen LogP contribution in [0.25, 0.3) is 0 Å². The van der Waals surface area contributed by atoms with Crippen LogP contribution in [0.2, 0.25) is 0 Å². The number of nitrogens with one attached hydrogen (secondary N) is 1. The van der Waals surface area contributed by atoms with Gasteiger partial charge in [-0.2, -0.15) is 0 Å². The van der Waals surface area contributed by atoms with Gasteiger partial charge in [0, 0.05) is 37.1 Å². The molecule has 0 spiro atoms. The predicted molar refractivity (Wildman–Crippen MR) is 140 cm³/mol. The zero-order valence-electron chi connectivity index (χ0n) is 20.3. The molecule has 35 heavy (non-hydrogen) atoms. The van der Waals surface area contributed by atoms with E-state index in [1.807, 2.05) is 24.3 Å². The highest BCUT2D eigenvalue weighted by atomic mass is 79.9. The van der Waals surface area contributed by atoms with Gasteiger partial charge in [-0.25, -0.2) is 12.7 Å². The lowest BCUT2D eigenvalue weighted by Crippen LogP contribution is -2.49. The van der Waals surface area contributed by atoms with E-state index in [1.165, 1.54) is 11.4 Å². The Kier molecular flexibility index (Phi) is 9.89. The van der Waals surface area contributed by atoms with Crippen LogP contribution < -0.4 is 5.32 Å². The monoisotopic (exact) mass is 563 g/mol. The molecule has 0 radical (unpaired) electrons. The minimum atomic E-state index is -3.61. The van der Waals surface area contributed by atoms with Gasteiger partial charge in [-0.3, -0.25) is 9.59 Å². The molecule has 2 amide bonds. The molecule has 1 N–H and O–H groups in total. The second kappa shape index (κ2) is 12.6. The van der Waals surface area contributed by atoms with E-state index in [0.29, 0.717) is 13.0 Å². The molecule has 2 aromatic rings. The van der Waals surface area contributed by atoms with Crippen molar-refractivity contribution in [1.82, 2.24) is 14.5 Å². The van der Waals surface area contributed by atoms with E-state index in [9.17, 15) is 18.0 Å². The van der Waals surface area contributed by atoms with Crippen LogP contribution in [0, 0.1) is 0 Å². The molecule has 0 unspecified atom stereocenters. The lowest BCUT2D eigenvalue weighted by Gasteiger charge is -2.30. The summed E-state index contributed by atoms with van der Waals surface area (Å²) in [6.07, 6.45) is 4.66. The van der Waals surface area contributed by atoms with Crippen LogP contribution in [0.4, 0.5) is 0 Å². The maximum absolute atomic E-state index is 13.3. The average molecular weight is 565 g/mol. The van der Waals surface area contributed by atoms with Gasteiger partial charge < -0.3 is 10.2 Å². The topological polar surface area (TPSA) is 86.8 Å². The van der Waals surface area contributed by atoms with Crippen LogP contribution in [-0.4, -0.2) is 55.1 Å². The molecule has 1 fully saturated rings. The molecule has 1 saturated carbocycles. The number of hydrogen-bond donors (Lipinski definition) is 1. The van der Waals surface area contributed by atoms with Crippen molar-refractivity contribution in [3.05, 3.63) is 64.6 Å². The second-order valence-electron chi connectivity index (χ2n) is 9.06.